The lowest BCUT2D eigenvalue weighted by Gasteiger charge is -2.34. The Balaban J connectivity index is 1.35. The van der Waals surface area contributed by atoms with Crippen molar-refractivity contribution < 1.29 is 13.2 Å². The van der Waals surface area contributed by atoms with E-state index in [0.717, 1.165) is 42.2 Å². The van der Waals surface area contributed by atoms with E-state index in [9.17, 15) is 13.2 Å². The quantitative estimate of drug-likeness (QED) is 0.601. The number of thiazole rings is 1. The standard InChI is InChI=1S/C20H21N3O3S3/c1-29(25,26)18-4-2-3-15(11-18)20(24)23-8-6-22(7-9-23)12-17-14-28-19(21-17)16-5-10-27-13-16/h2-5,10-11,13-14H,6-9,12H2,1H3. The lowest BCUT2D eigenvalue weighted by Crippen LogP contribution is -2.48. The third-order valence-corrected chi connectivity index (χ3v) is 7.61. The molecule has 152 valence electrons. The molecule has 0 radical (unpaired) electrons. The fourth-order valence-electron chi connectivity index (χ4n) is 3.28. The van der Waals surface area contributed by atoms with Gasteiger partial charge in [0, 0.05) is 60.9 Å². The summed E-state index contributed by atoms with van der Waals surface area (Å²) in [6.45, 7) is 3.53. The van der Waals surface area contributed by atoms with Gasteiger partial charge in [0.25, 0.3) is 5.91 Å². The fourth-order valence-corrected chi connectivity index (χ4v) is 5.47. The maximum atomic E-state index is 12.8. The number of hydrogen-bond donors (Lipinski definition) is 0. The maximum Gasteiger partial charge on any atom is 0.253 e. The van der Waals surface area contributed by atoms with Crippen LogP contribution < -0.4 is 0 Å². The summed E-state index contributed by atoms with van der Waals surface area (Å²) in [5.41, 5.74) is 2.64. The largest absolute Gasteiger partial charge is 0.336 e. The Kier molecular flexibility index (Phi) is 5.82. The molecular weight excluding hydrogens is 426 g/mol. The van der Waals surface area contributed by atoms with E-state index in [2.05, 4.69) is 27.1 Å². The number of benzene rings is 1. The zero-order valence-electron chi connectivity index (χ0n) is 15.9. The second-order valence-electron chi connectivity index (χ2n) is 7.02. The first-order valence-corrected chi connectivity index (χ1v) is 12.9. The number of carbonyl (C=O) groups is 1. The van der Waals surface area contributed by atoms with E-state index >= 15 is 0 Å². The number of sulfone groups is 1. The van der Waals surface area contributed by atoms with Crippen molar-refractivity contribution in [3.05, 3.63) is 57.7 Å². The Labute approximate surface area is 178 Å². The Bertz CT molecular complexity index is 1100. The molecular formula is C20H21N3O3S3. The molecule has 9 heteroatoms. The predicted octanol–water partition coefficient (Wildman–Crippen LogP) is 3.23. The molecule has 3 heterocycles. The molecule has 0 aliphatic carbocycles. The van der Waals surface area contributed by atoms with Gasteiger partial charge in [-0.2, -0.15) is 11.3 Å². The van der Waals surface area contributed by atoms with Gasteiger partial charge in [0.1, 0.15) is 5.01 Å². The van der Waals surface area contributed by atoms with Gasteiger partial charge in [0.05, 0.1) is 10.6 Å². The van der Waals surface area contributed by atoms with Gasteiger partial charge in [-0.3, -0.25) is 9.69 Å². The number of carbonyl (C=O) groups excluding carboxylic acids is 1. The Hall–Kier alpha value is -2.07. The third kappa shape index (κ3) is 4.75. The SMILES string of the molecule is CS(=O)(=O)c1cccc(C(=O)N2CCN(Cc3csc(-c4ccsc4)n3)CC2)c1. The highest BCUT2D eigenvalue weighted by molar-refractivity contribution is 7.90. The summed E-state index contributed by atoms with van der Waals surface area (Å²) in [5.74, 6) is -0.122. The van der Waals surface area contributed by atoms with Crippen molar-refractivity contribution in [1.82, 2.24) is 14.8 Å². The maximum absolute atomic E-state index is 12.8. The summed E-state index contributed by atoms with van der Waals surface area (Å²) >= 11 is 3.33. The predicted molar refractivity (Wildman–Crippen MR) is 116 cm³/mol. The van der Waals surface area contributed by atoms with Crippen molar-refractivity contribution in [1.29, 1.82) is 0 Å². The minimum atomic E-state index is -3.33. The zero-order valence-corrected chi connectivity index (χ0v) is 18.4. The smallest absolute Gasteiger partial charge is 0.253 e. The summed E-state index contributed by atoms with van der Waals surface area (Å²) in [6, 6.07) is 8.35. The van der Waals surface area contributed by atoms with E-state index < -0.39 is 9.84 Å². The monoisotopic (exact) mass is 447 g/mol. The molecule has 4 rings (SSSR count). The van der Waals surface area contributed by atoms with Crippen LogP contribution >= 0.6 is 22.7 Å². The normalized spacial score (nSPS) is 15.6. The Morgan fingerprint density at radius 3 is 2.62 bits per heavy atom. The summed E-state index contributed by atoms with van der Waals surface area (Å²) < 4.78 is 23.5. The molecule has 1 aliphatic rings. The van der Waals surface area contributed by atoms with E-state index in [0.29, 0.717) is 18.7 Å². The second-order valence-corrected chi connectivity index (χ2v) is 10.7. The van der Waals surface area contributed by atoms with Crippen molar-refractivity contribution in [3.8, 4) is 10.6 Å². The van der Waals surface area contributed by atoms with E-state index in [4.69, 9.17) is 4.98 Å². The van der Waals surface area contributed by atoms with Gasteiger partial charge in [0.15, 0.2) is 9.84 Å². The third-order valence-electron chi connectivity index (χ3n) is 4.87. The van der Waals surface area contributed by atoms with Gasteiger partial charge in [0.2, 0.25) is 0 Å². The highest BCUT2D eigenvalue weighted by Crippen LogP contribution is 2.26. The van der Waals surface area contributed by atoms with Crippen LogP contribution in [0.5, 0.6) is 0 Å². The van der Waals surface area contributed by atoms with Crippen LogP contribution in [-0.4, -0.2) is 61.5 Å². The molecule has 0 saturated carbocycles. The fraction of sp³-hybridized carbons (Fsp3) is 0.300. The van der Waals surface area contributed by atoms with Crippen molar-refractivity contribution in [3.63, 3.8) is 0 Å². The lowest BCUT2D eigenvalue weighted by atomic mass is 10.2. The number of thiophene rings is 1. The first kappa shape index (κ1) is 20.2. The molecule has 1 saturated heterocycles. The number of piperazine rings is 1. The molecule has 1 fully saturated rings. The molecule has 0 unspecified atom stereocenters. The summed E-state index contributed by atoms with van der Waals surface area (Å²) in [6.07, 6.45) is 1.15. The van der Waals surface area contributed by atoms with Crippen LogP contribution in [-0.2, 0) is 16.4 Å². The topological polar surface area (TPSA) is 70.6 Å². The van der Waals surface area contributed by atoms with Crippen LogP contribution in [0.3, 0.4) is 0 Å². The average Bonchev–Trinajstić information content (AvgIpc) is 3.39. The van der Waals surface area contributed by atoms with Crippen molar-refractivity contribution in [2.75, 3.05) is 32.4 Å². The molecule has 1 aromatic carbocycles. The van der Waals surface area contributed by atoms with Crippen LogP contribution in [0, 0.1) is 0 Å². The molecule has 6 nitrogen and oxygen atoms in total. The summed E-state index contributed by atoms with van der Waals surface area (Å²) in [7, 11) is -3.33. The zero-order chi connectivity index (χ0) is 20.4. The molecule has 1 aliphatic heterocycles. The Morgan fingerprint density at radius 2 is 1.93 bits per heavy atom. The molecule has 29 heavy (non-hydrogen) atoms. The summed E-state index contributed by atoms with van der Waals surface area (Å²) in [5, 5.41) is 7.30. The molecule has 3 aromatic rings. The van der Waals surface area contributed by atoms with Gasteiger partial charge in [-0.25, -0.2) is 13.4 Å². The van der Waals surface area contributed by atoms with Gasteiger partial charge in [-0.05, 0) is 29.6 Å². The highest BCUT2D eigenvalue weighted by atomic mass is 32.2. The highest BCUT2D eigenvalue weighted by Gasteiger charge is 2.23. The van der Waals surface area contributed by atoms with E-state index in [-0.39, 0.29) is 10.8 Å². The minimum Gasteiger partial charge on any atom is -0.336 e. The molecule has 0 bridgehead atoms. The van der Waals surface area contributed by atoms with Crippen LogP contribution in [0.4, 0.5) is 0 Å². The summed E-state index contributed by atoms with van der Waals surface area (Å²) in [4.78, 5) is 21.8. The van der Waals surface area contributed by atoms with E-state index in [1.54, 1.807) is 39.7 Å². The van der Waals surface area contributed by atoms with Gasteiger partial charge >= 0.3 is 0 Å². The first-order valence-electron chi connectivity index (χ1n) is 9.19. The van der Waals surface area contributed by atoms with Gasteiger partial charge < -0.3 is 4.90 Å². The van der Waals surface area contributed by atoms with Gasteiger partial charge in [-0.15, -0.1) is 11.3 Å². The van der Waals surface area contributed by atoms with Crippen LogP contribution in [0.15, 0.2) is 51.4 Å². The van der Waals surface area contributed by atoms with Crippen molar-refractivity contribution in [2.24, 2.45) is 0 Å². The molecule has 0 N–H and O–H groups in total. The van der Waals surface area contributed by atoms with E-state index in [1.165, 1.54) is 12.1 Å². The number of amides is 1. The molecule has 1 amide bonds. The minimum absolute atomic E-state index is 0.122. The Morgan fingerprint density at radius 1 is 1.14 bits per heavy atom. The van der Waals surface area contributed by atoms with Crippen LogP contribution in [0.2, 0.25) is 0 Å². The molecule has 2 aromatic heterocycles. The van der Waals surface area contributed by atoms with Crippen molar-refractivity contribution in [2.45, 2.75) is 11.4 Å². The van der Waals surface area contributed by atoms with E-state index in [1.807, 2.05) is 0 Å². The molecule has 0 atom stereocenters. The van der Waals surface area contributed by atoms with Crippen LogP contribution in [0.25, 0.3) is 10.6 Å². The number of aromatic nitrogens is 1. The molecule has 0 spiro atoms. The van der Waals surface area contributed by atoms with Crippen LogP contribution in [0.1, 0.15) is 16.1 Å². The number of nitrogens with zero attached hydrogens (tertiary/aromatic N) is 3. The average molecular weight is 448 g/mol. The first-order chi connectivity index (χ1) is 13.9. The number of hydrogen-bond acceptors (Lipinski definition) is 7. The second kappa shape index (κ2) is 8.35. The van der Waals surface area contributed by atoms with Gasteiger partial charge in [-0.1, -0.05) is 6.07 Å². The number of rotatable bonds is 5. The van der Waals surface area contributed by atoms with Crippen molar-refractivity contribution >= 4 is 38.4 Å². The lowest BCUT2D eigenvalue weighted by molar-refractivity contribution is 0.0627.